The van der Waals surface area contributed by atoms with Gasteiger partial charge in [0.05, 0.1) is 6.54 Å². The summed E-state index contributed by atoms with van der Waals surface area (Å²) in [4.78, 5) is 22.3. The molecule has 0 aromatic heterocycles. The summed E-state index contributed by atoms with van der Waals surface area (Å²) in [6.45, 7) is 6.14. The van der Waals surface area contributed by atoms with Gasteiger partial charge >= 0.3 is 5.97 Å². The first-order chi connectivity index (χ1) is 6.96. The minimum atomic E-state index is -1.15. The van der Waals surface area contributed by atoms with Crippen molar-refractivity contribution in [2.75, 3.05) is 13.1 Å². The van der Waals surface area contributed by atoms with E-state index in [1.54, 1.807) is 0 Å². The molecule has 0 aliphatic rings. The van der Waals surface area contributed by atoms with Crippen molar-refractivity contribution in [2.24, 2.45) is 0 Å². The molecule has 1 unspecified atom stereocenters. The van der Waals surface area contributed by atoms with Crippen LogP contribution in [0.15, 0.2) is 0 Å². The van der Waals surface area contributed by atoms with Gasteiger partial charge in [0.2, 0.25) is 5.91 Å². The van der Waals surface area contributed by atoms with Gasteiger partial charge in [-0.25, -0.2) is 4.79 Å². The van der Waals surface area contributed by atoms with Crippen LogP contribution in [0.1, 0.15) is 33.6 Å². The van der Waals surface area contributed by atoms with E-state index in [4.69, 9.17) is 5.11 Å². The minimum Gasteiger partial charge on any atom is -0.480 e. The highest BCUT2D eigenvalue weighted by molar-refractivity contribution is 5.87. The number of rotatable bonds is 7. The molecule has 0 rings (SSSR count). The van der Waals surface area contributed by atoms with Crippen molar-refractivity contribution >= 4 is 11.9 Å². The Balaban J connectivity index is 4.28. The summed E-state index contributed by atoms with van der Waals surface area (Å²) in [6, 6.07) is 0. The highest BCUT2D eigenvalue weighted by atomic mass is 16.4. The molecular weight excluding hydrogens is 196 g/mol. The van der Waals surface area contributed by atoms with Crippen LogP contribution < -0.4 is 10.6 Å². The van der Waals surface area contributed by atoms with Gasteiger partial charge in [0.15, 0.2) is 0 Å². The van der Waals surface area contributed by atoms with Crippen LogP contribution in [0.2, 0.25) is 0 Å². The van der Waals surface area contributed by atoms with Gasteiger partial charge in [-0.2, -0.15) is 0 Å². The zero-order valence-corrected chi connectivity index (χ0v) is 9.59. The Bertz CT molecular complexity index is 231. The molecule has 0 aromatic carbocycles. The Morgan fingerprint density at radius 2 is 1.93 bits per heavy atom. The second-order valence-electron chi connectivity index (χ2n) is 3.72. The number of aliphatic carboxylic acids is 1. The van der Waals surface area contributed by atoms with Crippen LogP contribution >= 0.6 is 0 Å². The number of carboxylic acid groups (broad SMARTS) is 1. The molecule has 0 aromatic rings. The fourth-order valence-electron chi connectivity index (χ4n) is 1.31. The van der Waals surface area contributed by atoms with E-state index < -0.39 is 11.5 Å². The molecule has 0 saturated heterocycles. The lowest BCUT2D eigenvalue weighted by Crippen LogP contribution is -2.54. The molecule has 5 nitrogen and oxygen atoms in total. The number of carbonyl (C=O) groups excluding carboxylic acids is 1. The molecule has 0 fully saturated rings. The molecule has 0 aliphatic carbocycles. The first-order valence-electron chi connectivity index (χ1n) is 5.21. The van der Waals surface area contributed by atoms with Crippen LogP contribution in [0.5, 0.6) is 0 Å². The highest BCUT2D eigenvalue weighted by Gasteiger charge is 2.33. The van der Waals surface area contributed by atoms with E-state index in [9.17, 15) is 9.59 Å². The first-order valence-corrected chi connectivity index (χ1v) is 5.21. The topological polar surface area (TPSA) is 78.4 Å². The van der Waals surface area contributed by atoms with E-state index in [0.717, 1.165) is 0 Å². The van der Waals surface area contributed by atoms with Crippen molar-refractivity contribution < 1.29 is 14.7 Å². The van der Waals surface area contributed by atoms with Crippen LogP contribution in [-0.4, -0.2) is 35.6 Å². The standard InChI is InChI=1S/C10H20N2O3/c1-4-6-10(3,9(14)15)12-8(13)7-11-5-2/h11H,4-7H2,1-3H3,(H,12,13)(H,14,15). The molecule has 0 heterocycles. The summed E-state index contributed by atoms with van der Waals surface area (Å²) in [7, 11) is 0. The third kappa shape index (κ3) is 4.78. The SMILES string of the molecule is CCCC(C)(NC(=O)CNCC)C(=O)O. The van der Waals surface area contributed by atoms with E-state index in [-0.39, 0.29) is 12.5 Å². The molecule has 5 heteroatoms. The average Bonchev–Trinajstić information content (AvgIpc) is 2.14. The summed E-state index contributed by atoms with van der Waals surface area (Å²) < 4.78 is 0. The summed E-state index contributed by atoms with van der Waals surface area (Å²) in [6.07, 6.45) is 1.14. The predicted octanol–water partition coefficient (Wildman–Crippen LogP) is 0.355. The molecule has 0 saturated carbocycles. The van der Waals surface area contributed by atoms with Crippen LogP contribution in [0.4, 0.5) is 0 Å². The summed E-state index contributed by atoms with van der Waals surface area (Å²) >= 11 is 0. The Labute approximate surface area is 90.2 Å². The van der Waals surface area contributed by atoms with Gasteiger partial charge in [0.1, 0.15) is 5.54 Å². The van der Waals surface area contributed by atoms with Crippen LogP contribution in [0.3, 0.4) is 0 Å². The van der Waals surface area contributed by atoms with Gasteiger partial charge in [-0.1, -0.05) is 20.3 Å². The maximum atomic E-state index is 11.4. The van der Waals surface area contributed by atoms with Gasteiger partial charge in [0.25, 0.3) is 0 Å². The molecule has 3 N–H and O–H groups in total. The molecule has 88 valence electrons. The molecule has 0 aliphatic heterocycles. The Kier molecular flexibility index (Phi) is 5.93. The van der Waals surface area contributed by atoms with E-state index in [2.05, 4.69) is 10.6 Å². The highest BCUT2D eigenvalue weighted by Crippen LogP contribution is 2.12. The van der Waals surface area contributed by atoms with Gasteiger partial charge in [-0.3, -0.25) is 4.79 Å². The van der Waals surface area contributed by atoms with Crippen LogP contribution in [0, 0.1) is 0 Å². The number of carboxylic acids is 1. The second kappa shape index (κ2) is 6.40. The molecule has 1 amide bonds. The minimum absolute atomic E-state index is 0.156. The Morgan fingerprint density at radius 3 is 2.33 bits per heavy atom. The van der Waals surface area contributed by atoms with Crippen molar-refractivity contribution in [2.45, 2.75) is 39.2 Å². The van der Waals surface area contributed by atoms with Gasteiger partial charge in [0, 0.05) is 0 Å². The van der Waals surface area contributed by atoms with Gasteiger partial charge in [-0.15, -0.1) is 0 Å². The van der Waals surface area contributed by atoms with E-state index in [1.807, 2.05) is 13.8 Å². The number of hydrogen-bond acceptors (Lipinski definition) is 3. The lowest BCUT2D eigenvalue weighted by molar-refractivity contribution is -0.147. The second-order valence-corrected chi connectivity index (χ2v) is 3.72. The van der Waals surface area contributed by atoms with Crippen LogP contribution in [0.25, 0.3) is 0 Å². The fraction of sp³-hybridized carbons (Fsp3) is 0.800. The zero-order valence-electron chi connectivity index (χ0n) is 9.59. The third-order valence-electron chi connectivity index (χ3n) is 2.17. The largest absolute Gasteiger partial charge is 0.480 e. The van der Waals surface area contributed by atoms with E-state index in [0.29, 0.717) is 19.4 Å². The predicted molar refractivity (Wildman–Crippen MR) is 57.6 cm³/mol. The molecular formula is C10H20N2O3. The number of likely N-dealkylation sites (N-methyl/N-ethyl adjacent to an activating group) is 1. The monoisotopic (exact) mass is 216 g/mol. The fourth-order valence-corrected chi connectivity index (χ4v) is 1.31. The maximum Gasteiger partial charge on any atom is 0.329 e. The van der Waals surface area contributed by atoms with E-state index >= 15 is 0 Å². The van der Waals surface area contributed by atoms with E-state index in [1.165, 1.54) is 6.92 Å². The Morgan fingerprint density at radius 1 is 1.33 bits per heavy atom. The van der Waals surface area contributed by atoms with Crippen LogP contribution in [-0.2, 0) is 9.59 Å². The molecule has 0 radical (unpaired) electrons. The van der Waals surface area contributed by atoms with Crippen molar-refractivity contribution in [3.8, 4) is 0 Å². The van der Waals surface area contributed by atoms with Gasteiger partial charge in [-0.05, 0) is 19.9 Å². The van der Waals surface area contributed by atoms with Crippen molar-refractivity contribution in [3.63, 3.8) is 0 Å². The quantitative estimate of drug-likeness (QED) is 0.574. The number of hydrogen-bond donors (Lipinski definition) is 3. The molecule has 0 spiro atoms. The molecule has 1 atom stereocenters. The van der Waals surface area contributed by atoms with Crippen molar-refractivity contribution in [1.29, 1.82) is 0 Å². The lowest BCUT2D eigenvalue weighted by atomic mass is 9.96. The zero-order chi connectivity index (χ0) is 11.9. The smallest absolute Gasteiger partial charge is 0.329 e. The average molecular weight is 216 g/mol. The lowest BCUT2D eigenvalue weighted by Gasteiger charge is -2.25. The first kappa shape index (κ1) is 13.9. The van der Waals surface area contributed by atoms with Crippen molar-refractivity contribution in [3.05, 3.63) is 0 Å². The normalized spacial score (nSPS) is 14.3. The summed E-state index contributed by atoms with van der Waals surface area (Å²) in [5.41, 5.74) is -1.15. The Hall–Kier alpha value is -1.10. The number of carbonyl (C=O) groups is 2. The molecule has 0 bridgehead atoms. The van der Waals surface area contributed by atoms with Gasteiger partial charge < -0.3 is 15.7 Å². The number of nitrogens with one attached hydrogen (secondary N) is 2. The van der Waals surface area contributed by atoms with Crippen molar-refractivity contribution in [1.82, 2.24) is 10.6 Å². The number of amides is 1. The maximum absolute atomic E-state index is 11.4. The summed E-state index contributed by atoms with van der Waals surface area (Å²) in [5.74, 6) is -1.27. The third-order valence-corrected chi connectivity index (χ3v) is 2.17. The summed E-state index contributed by atoms with van der Waals surface area (Å²) in [5, 5.41) is 14.4. The molecule has 15 heavy (non-hydrogen) atoms.